The zero-order valence-electron chi connectivity index (χ0n) is 14.7. The third kappa shape index (κ3) is 3.09. The second kappa shape index (κ2) is 6.08. The Morgan fingerprint density at radius 2 is 1.88 bits per heavy atom. The molecule has 6 rings (SSSR count). The lowest BCUT2D eigenvalue weighted by atomic mass is 9.49. The van der Waals surface area contributed by atoms with Gasteiger partial charge < -0.3 is 14.6 Å². The topological polar surface area (TPSA) is 77.2 Å². The molecule has 2 heterocycles. The fourth-order valence-electron chi connectivity index (χ4n) is 6.33. The summed E-state index contributed by atoms with van der Waals surface area (Å²) in [6.07, 6.45) is 10.6. The van der Waals surface area contributed by atoms with Crippen molar-refractivity contribution in [2.75, 3.05) is 6.61 Å². The van der Waals surface area contributed by atoms with Crippen LogP contribution in [0.4, 0.5) is 0 Å². The Hall–Kier alpha value is -1.43. The van der Waals surface area contributed by atoms with E-state index in [1.807, 2.05) is 0 Å². The monoisotopic (exact) mass is 345 g/mol. The minimum Gasteiger partial charge on any atom is -0.368 e. The van der Waals surface area contributed by atoms with Crippen molar-refractivity contribution < 1.29 is 14.1 Å². The number of rotatable bonds is 5. The SMILES string of the molecule is O=C(CC12CC3CC(CC(C3)C1)C2)NCc1noc(C2CCCO2)n1. The van der Waals surface area contributed by atoms with Crippen LogP contribution in [0.25, 0.3) is 0 Å². The van der Waals surface area contributed by atoms with E-state index >= 15 is 0 Å². The summed E-state index contributed by atoms with van der Waals surface area (Å²) in [6, 6.07) is 0. The summed E-state index contributed by atoms with van der Waals surface area (Å²) < 4.78 is 10.8. The molecule has 0 radical (unpaired) electrons. The molecule has 1 atom stereocenters. The van der Waals surface area contributed by atoms with Crippen molar-refractivity contribution in [3.63, 3.8) is 0 Å². The first kappa shape index (κ1) is 15.8. The lowest BCUT2D eigenvalue weighted by molar-refractivity contribution is -0.129. The van der Waals surface area contributed by atoms with E-state index in [-0.39, 0.29) is 17.4 Å². The van der Waals surface area contributed by atoms with Gasteiger partial charge in [-0.2, -0.15) is 4.98 Å². The molecular formula is C19H27N3O3. The normalized spacial score (nSPS) is 39.0. The summed E-state index contributed by atoms with van der Waals surface area (Å²) in [5.74, 6) is 3.87. The third-order valence-electron chi connectivity index (χ3n) is 6.83. The Morgan fingerprint density at radius 1 is 1.16 bits per heavy atom. The number of hydrogen-bond acceptors (Lipinski definition) is 5. The van der Waals surface area contributed by atoms with Crippen molar-refractivity contribution in [2.45, 2.75) is 70.4 Å². The molecule has 6 nitrogen and oxygen atoms in total. The van der Waals surface area contributed by atoms with Gasteiger partial charge in [0.15, 0.2) is 5.82 Å². The van der Waals surface area contributed by atoms with Gasteiger partial charge in [0.1, 0.15) is 6.10 Å². The van der Waals surface area contributed by atoms with E-state index in [9.17, 15) is 4.79 Å². The van der Waals surface area contributed by atoms with Crippen LogP contribution in [0.3, 0.4) is 0 Å². The summed E-state index contributed by atoms with van der Waals surface area (Å²) in [4.78, 5) is 16.9. The number of nitrogens with one attached hydrogen (secondary N) is 1. The molecule has 1 unspecified atom stereocenters. The van der Waals surface area contributed by atoms with Crippen molar-refractivity contribution in [2.24, 2.45) is 23.2 Å². The van der Waals surface area contributed by atoms with Crippen molar-refractivity contribution >= 4 is 5.91 Å². The fourth-order valence-corrected chi connectivity index (χ4v) is 6.33. The molecular weight excluding hydrogens is 318 g/mol. The summed E-state index contributed by atoms with van der Waals surface area (Å²) >= 11 is 0. The number of carbonyl (C=O) groups is 1. The molecule has 0 aromatic carbocycles. The quantitative estimate of drug-likeness (QED) is 0.887. The van der Waals surface area contributed by atoms with Gasteiger partial charge in [-0.3, -0.25) is 4.79 Å². The van der Waals surface area contributed by atoms with Crippen LogP contribution in [-0.2, 0) is 16.1 Å². The van der Waals surface area contributed by atoms with Crippen molar-refractivity contribution in [1.82, 2.24) is 15.5 Å². The van der Waals surface area contributed by atoms with Crippen LogP contribution in [0.5, 0.6) is 0 Å². The van der Waals surface area contributed by atoms with E-state index in [2.05, 4.69) is 15.5 Å². The van der Waals surface area contributed by atoms with Crippen molar-refractivity contribution in [3.8, 4) is 0 Å². The van der Waals surface area contributed by atoms with Crippen LogP contribution in [0, 0.1) is 23.2 Å². The fraction of sp³-hybridized carbons (Fsp3) is 0.842. The molecule has 1 aliphatic heterocycles. The van der Waals surface area contributed by atoms with Crippen molar-refractivity contribution in [1.29, 1.82) is 0 Å². The highest BCUT2D eigenvalue weighted by Crippen LogP contribution is 2.61. The van der Waals surface area contributed by atoms with E-state index in [0.29, 0.717) is 24.7 Å². The van der Waals surface area contributed by atoms with Gasteiger partial charge in [0.25, 0.3) is 5.89 Å². The highest BCUT2D eigenvalue weighted by atomic mass is 16.5. The number of ether oxygens (including phenoxy) is 1. The highest BCUT2D eigenvalue weighted by Gasteiger charge is 2.51. The van der Waals surface area contributed by atoms with Gasteiger partial charge in [-0.05, 0) is 74.5 Å². The molecule has 1 aromatic heterocycles. The van der Waals surface area contributed by atoms with Gasteiger partial charge in [0.05, 0.1) is 6.54 Å². The molecule has 0 spiro atoms. The standard InChI is InChI=1S/C19H27N3O3/c23-17(10-19-7-12-4-13(8-19)6-14(5-12)9-19)20-11-16-21-18(25-22-16)15-2-1-3-24-15/h12-15H,1-11H2,(H,20,23). The average molecular weight is 345 g/mol. The molecule has 136 valence electrons. The van der Waals surface area contributed by atoms with E-state index < -0.39 is 0 Å². The molecule has 1 saturated heterocycles. The lowest BCUT2D eigenvalue weighted by Crippen LogP contribution is -2.48. The van der Waals surface area contributed by atoms with Crippen LogP contribution >= 0.6 is 0 Å². The Labute approximate surface area is 148 Å². The van der Waals surface area contributed by atoms with Crippen LogP contribution < -0.4 is 5.32 Å². The molecule has 5 aliphatic rings. The zero-order valence-corrected chi connectivity index (χ0v) is 14.7. The van der Waals surface area contributed by atoms with Crippen molar-refractivity contribution in [3.05, 3.63) is 11.7 Å². The Bertz CT molecular complexity index is 615. The Morgan fingerprint density at radius 3 is 2.52 bits per heavy atom. The largest absolute Gasteiger partial charge is 0.368 e. The number of carbonyl (C=O) groups excluding carboxylic acids is 1. The molecule has 5 fully saturated rings. The van der Waals surface area contributed by atoms with Crippen LogP contribution in [-0.4, -0.2) is 22.7 Å². The summed E-state index contributed by atoms with van der Waals surface area (Å²) in [5.41, 5.74) is 0.277. The highest BCUT2D eigenvalue weighted by molar-refractivity contribution is 5.76. The molecule has 6 heteroatoms. The summed E-state index contributed by atoms with van der Waals surface area (Å²) in [6.45, 7) is 1.10. The molecule has 4 saturated carbocycles. The molecule has 1 N–H and O–H groups in total. The van der Waals surface area contributed by atoms with Gasteiger partial charge in [0.2, 0.25) is 5.91 Å². The summed E-state index contributed by atoms with van der Waals surface area (Å²) in [7, 11) is 0. The van der Waals surface area contributed by atoms with Crippen LogP contribution in [0.15, 0.2) is 4.52 Å². The molecule has 1 aromatic rings. The first-order valence-electron chi connectivity index (χ1n) is 9.88. The minimum atomic E-state index is -0.0658. The van der Waals surface area contributed by atoms with Gasteiger partial charge in [-0.1, -0.05) is 5.16 Å². The van der Waals surface area contributed by atoms with Gasteiger partial charge in [-0.25, -0.2) is 0 Å². The lowest BCUT2D eigenvalue weighted by Gasteiger charge is -2.56. The van der Waals surface area contributed by atoms with E-state index in [1.165, 1.54) is 38.5 Å². The van der Waals surface area contributed by atoms with Crippen LogP contribution in [0.2, 0.25) is 0 Å². The Balaban J connectivity index is 1.16. The number of amides is 1. The second-order valence-electron chi connectivity index (χ2n) is 8.92. The molecule has 1 amide bonds. The van der Waals surface area contributed by atoms with E-state index in [4.69, 9.17) is 9.26 Å². The average Bonchev–Trinajstić information content (AvgIpc) is 3.22. The smallest absolute Gasteiger partial charge is 0.255 e. The van der Waals surface area contributed by atoms with Crippen LogP contribution in [0.1, 0.15) is 75.6 Å². The first-order valence-corrected chi connectivity index (χ1v) is 9.88. The summed E-state index contributed by atoms with van der Waals surface area (Å²) in [5, 5.41) is 6.99. The second-order valence-corrected chi connectivity index (χ2v) is 8.92. The van der Waals surface area contributed by atoms with E-state index in [1.54, 1.807) is 0 Å². The van der Waals surface area contributed by atoms with Gasteiger partial charge in [0, 0.05) is 13.0 Å². The predicted molar refractivity (Wildman–Crippen MR) is 89.3 cm³/mol. The third-order valence-corrected chi connectivity index (χ3v) is 6.83. The maximum atomic E-state index is 12.5. The number of nitrogens with zero attached hydrogens (tertiary/aromatic N) is 2. The number of hydrogen-bond donors (Lipinski definition) is 1. The zero-order chi connectivity index (χ0) is 16.9. The maximum absolute atomic E-state index is 12.5. The molecule has 25 heavy (non-hydrogen) atoms. The maximum Gasteiger partial charge on any atom is 0.255 e. The Kier molecular flexibility index (Phi) is 3.84. The van der Waals surface area contributed by atoms with Gasteiger partial charge >= 0.3 is 0 Å². The van der Waals surface area contributed by atoms with E-state index in [0.717, 1.165) is 37.2 Å². The minimum absolute atomic E-state index is 0.0658. The number of aromatic nitrogens is 2. The molecule has 4 bridgehead atoms. The molecule has 4 aliphatic carbocycles. The first-order chi connectivity index (χ1) is 12.2. The predicted octanol–water partition coefficient (Wildman–Crippen LogP) is 3.14. The van der Waals surface area contributed by atoms with Gasteiger partial charge in [-0.15, -0.1) is 0 Å².